The second-order valence-corrected chi connectivity index (χ2v) is 8.39. The molecule has 31 heavy (non-hydrogen) atoms. The van der Waals surface area contributed by atoms with Crippen molar-refractivity contribution in [1.82, 2.24) is 20.0 Å². The molecule has 8 nitrogen and oxygen atoms in total. The van der Waals surface area contributed by atoms with Gasteiger partial charge in [0, 0.05) is 30.7 Å². The molecule has 1 aromatic heterocycles. The van der Waals surface area contributed by atoms with Gasteiger partial charge < -0.3 is 10.0 Å². The number of hydrogen-bond acceptors (Lipinski definition) is 4. The van der Waals surface area contributed by atoms with Gasteiger partial charge in [-0.1, -0.05) is 30.3 Å². The minimum absolute atomic E-state index is 0.105. The Balaban J connectivity index is 1.46. The average Bonchev–Trinajstić information content (AvgIpc) is 2.96. The van der Waals surface area contributed by atoms with Crippen LogP contribution in [0.3, 0.4) is 0 Å². The van der Waals surface area contributed by atoms with Crippen molar-refractivity contribution >= 4 is 28.6 Å². The first-order chi connectivity index (χ1) is 15.1. The Morgan fingerprint density at radius 3 is 2.65 bits per heavy atom. The van der Waals surface area contributed by atoms with E-state index < -0.39 is 6.09 Å². The maximum absolute atomic E-state index is 13.3. The number of anilines is 1. The number of aromatic amines is 1. The number of carboxylic acid groups (broad SMARTS) is 1. The molecule has 160 valence electrons. The quantitative estimate of drug-likeness (QED) is 0.676. The second-order valence-electron chi connectivity index (χ2n) is 8.39. The SMILES string of the molecule is O=C(c1n[nH]c2ccc(N(Cc3ccccc3)C(=O)O)cc12)N1CC2CCN(CC2)C1. The van der Waals surface area contributed by atoms with Gasteiger partial charge in [-0.3, -0.25) is 19.7 Å². The predicted molar refractivity (Wildman–Crippen MR) is 117 cm³/mol. The zero-order valence-corrected chi connectivity index (χ0v) is 17.2. The van der Waals surface area contributed by atoms with Gasteiger partial charge in [-0.05, 0) is 42.5 Å². The Morgan fingerprint density at radius 1 is 1.13 bits per heavy atom. The van der Waals surface area contributed by atoms with Crippen LogP contribution in [0.5, 0.6) is 0 Å². The smallest absolute Gasteiger partial charge is 0.412 e. The van der Waals surface area contributed by atoms with Gasteiger partial charge >= 0.3 is 6.09 Å². The predicted octanol–water partition coefficient (Wildman–Crippen LogP) is 3.37. The minimum atomic E-state index is -1.04. The molecule has 3 aromatic rings. The van der Waals surface area contributed by atoms with Crippen LogP contribution in [0.1, 0.15) is 28.9 Å². The van der Waals surface area contributed by atoms with Crippen LogP contribution in [0.15, 0.2) is 48.5 Å². The third-order valence-electron chi connectivity index (χ3n) is 6.32. The molecule has 3 saturated heterocycles. The van der Waals surface area contributed by atoms with Crippen molar-refractivity contribution in [1.29, 1.82) is 0 Å². The number of hydrogen-bond donors (Lipinski definition) is 2. The molecule has 0 radical (unpaired) electrons. The maximum atomic E-state index is 13.3. The number of fused-ring (bicyclic) bond motifs is 5. The number of carbonyl (C=O) groups excluding carboxylic acids is 1. The van der Waals surface area contributed by atoms with E-state index in [2.05, 4.69) is 15.1 Å². The molecule has 3 fully saturated rings. The summed E-state index contributed by atoms with van der Waals surface area (Å²) in [6.45, 7) is 3.67. The van der Waals surface area contributed by atoms with Crippen LogP contribution < -0.4 is 4.90 Å². The number of nitrogens with zero attached hydrogens (tertiary/aromatic N) is 4. The maximum Gasteiger partial charge on any atom is 0.412 e. The van der Waals surface area contributed by atoms with Gasteiger partial charge in [-0.15, -0.1) is 0 Å². The largest absolute Gasteiger partial charge is 0.465 e. The fourth-order valence-corrected chi connectivity index (χ4v) is 4.59. The van der Waals surface area contributed by atoms with E-state index in [0.29, 0.717) is 29.4 Å². The zero-order chi connectivity index (χ0) is 21.4. The van der Waals surface area contributed by atoms with Gasteiger partial charge in [0.2, 0.25) is 0 Å². The van der Waals surface area contributed by atoms with Gasteiger partial charge in [0.25, 0.3) is 5.91 Å². The first-order valence-corrected chi connectivity index (χ1v) is 10.6. The fourth-order valence-electron chi connectivity index (χ4n) is 4.59. The van der Waals surface area contributed by atoms with E-state index in [1.165, 1.54) is 4.90 Å². The molecule has 0 unspecified atom stereocenters. The highest BCUT2D eigenvalue weighted by atomic mass is 16.4. The Bertz CT molecular complexity index is 1090. The molecule has 2 aromatic carbocycles. The van der Waals surface area contributed by atoms with E-state index in [4.69, 9.17) is 0 Å². The van der Waals surface area contributed by atoms with Crippen LogP contribution in [-0.2, 0) is 6.54 Å². The van der Waals surface area contributed by atoms with E-state index >= 15 is 0 Å². The molecule has 2 amide bonds. The van der Waals surface area contributed by atoms with E-state index in [-0.39, 0.29) is 12.5 Å². The van der Waals surface area contributed by atoms with E-state index in [1.807, 2.05) is 35.2 Å². The van der Waals surface area contributed by atoms with Crippen molar-refractivity contribution in [3.05, 3.63) is 59.8 Å². The Morgan fingerprint density at radius 2 is 1.90 bits per heavy atom. The molecule has 0 saturated carbocycles. The number of aromatic nitrogens is 2. The minimum Gasteiger partial charge on any atom is -0.465 e. The lowest BCUT2D eigenvalue weighted by atomic mass is 9.98. The number of piperidine rings is 1. The molecule has 6 rings (SSSR count). The second kappa shape index (κ2) is 8.03. The summed E-state index contributed by atoms with van der Waals surface area (Å²) in [5.41, 5.74) is 2.47. The molecule has 0 aliphatic carbocycles. The van der Waals surface area contributed by atoms with Gasteiger partial charge in [-0.2, -0.15) is 5.10 Å². The number of rotatable bonds is 4. The highest BCUT2D eigenvalue weighted by molar-refractivity contribution is 6.06. The van der Waals surface area contributed by atoms with E-state index in [0.717, 1.165) is 43.6 Å². The molecule has 3 aliphatic rings. The third kappa shape index (κ3) is 3.86. The van der Waals surface area contributed by atoms with Gasteiger partial charge in [0.15, 0.2) is 5.69 Å². The first-order valence-electron chi connectivity index (χ1n) is 10.6. The summed E-state index contributed by atoms with van der Waals surface area (Å²) in [5.74, 6) is 0.434. The van der Waals surface area contributed by atoms with Crippen LogP contribution in [-0.4, -0.2) is 63.4 Å². The molecular weight excluding hydrogens is 394 g/mol. The third-order valence-corrected chi connectivity index (χ3v) is 6.32. The van der Waals surface area contributed by atoms with Gasteiger partial charge in [0.05, 0.1) is 18.7 Å². The van der Waals surface area contributed by atoms with Crippen LogP contribution in [0.4, 0.5) is 10.5 Å². The first kappa shape index (κ1) is 19.6. The monoisotopic (exact) mass is 419 g/mol. The molecule has 2 bridgehead atoms. The number of amides is 2. The lowest BCUT2D eigenvalue weighted by molar-refractivity contribution is 0.0681. The summed E-state index contributed by atoms with van der Waals surface area (Å²) >= 11 is 0. The highest BCUT2D eigenvalue weighted by Gasteiger charge is 2.32. The summed E-state index contributed by atoms with van der Waals surface area (Å²) < 4.78 is 0. The van der Waals surface area contributed by atoms with Crippen LogP contribution >= 0.6 is 0 Å². The summed E-state index contributed by atoms with van der Waals surface area (Å²) in [6, 6.07) is 14.7. The van der Waals surface area contributed by atoms with E-state index in [9.17, 15) is 14.7 Å². The Kier molecular flexibility index (Phi) is 5.07. The Hall–Kier alpha value is -3.39. The van der Waals surface area contributed by atoms with Crippen molar-refractivity contribution in [2.24, 2.45) is 5.92 Å². The molecule has 3 aliphatic heterocycles. The topological polar surface area (TPSA) is 92.8 Å². The van der Waals surface area contributed by atoms with Gasteiger partial charge in [-0.25, -0.2) is 4.79 Å². The summed E-state index contributed by atoms with van der Waals surface area (Å²) in [4.78, 5) is 30.8. The summed E-state index contributed by atoms with van der Waals surface area (Å²) in [5, 5.41) is 17.7. The normalized spacial score (nSPS) is 20.6. The zero-order valence-electron chi connectivity index (χ0n) is 17.2. The summed E-state index contributed by atoms with van der Waals surface area (Å²) in [7, 11) is 0. The van der Waals surface area contributed by atoms with Crippen LogP contribution in [0.2, 0.25) is 0 Å². The molecule has 8 heteroatoms. The van der Waals surface area contributed by atoms with Crippen molar-refractivity contribution in [3.63, 3.8) is 0 Å². The standard InChI is InChI=1S/C23H25N5O3/c29-22(27-13-17-8-10-26(15-27)11-9-17)21-19-12-18(6-7-20(19)24-25-21)28(23(30)31)14-16-4-2-1-3-5-16/h1-7,12,17H,8-11,13-15H2,(H,24,25)(H,30,31). The van der Waals surface area contributed by atoms with Crippen molar-refractivity contribution < 1.29 is 14.7 Å². The molecule has 2 N–H and O–H groups in total. The highest BCUT2D eigenvalue weighted by Crippen LogP contribution is 2.28. The lowest BCUT2D eigenvalue weighted by Crippen LogP contribution is -2.39. The lowest BCUT2D eigenvalue weighted by Gasteiger charge is -2.25. The molecule has 0 atom stereocenters. The van der Waals surface area contributed by atoms with E-state index in [1.54, 1.807) is 18.2 Å². The number of benzene rings is 2. The molecule has 0 spiro atoms. The summed E-state index contributed by atoms with van der Waals surface area (Å²) in [6.07, 6.45) is 1.21. The average molecular weight is 419 g/mol. The molecular formula is C23H25N5O3. The number of H-pyrrole nitrogens is 1. The Labute approximate surface area is 180 Å². The van der Waals surface area contributed by atoms with Crippen LogP contribution in [0.25, 0.3) is 10.9 Å². The van der Waals surface area contributed by atoms with Crippen molar-refractivity contribution in [3.8, 4) is 0 Å². The molecule has 4 heterocycles. The van der Waals surface area contributed by atoms with Crippen LogP contribution in [0, 0.1) is 5.92 Å². The van der Waals surface area contributed by atoms with Crippen molar-refractivity contribution in [2.45, 2.75) is 19.4 Å². The van der Waals surface area contributed by atoms with Crippen molar-refractivity contribution in [2.75, 3.05) is 31.2 Å². The fraction of sp³-hybridized carbons (Fsp3) is 0.348. The number of carbonyl (C=O) groups is 2. The van der Waals surface area contributed by atoms with Gasteiger partial charge in [0.1, 0.15) is 0 Å². The number of nitrogens with one attached hydrogen (secondary N) is 1.